The Hall–Kier alpha value is -3.16. The van der Waals surface area contributed by atoms with E-state index in [4.69, 9.17) is 9.15 Å². The minimum Gasteiger partial charge on any atom is -0.459 e. The molecule has 0 bridgehead atoms. The van der Waals surface area contributed by atoms with E-state index >= 15 is 0 Å². The van der Waals surface area contributed by atoms with Crippen LogP contribution in [0, 0.1) is 0 Å². The number of carbonyl (C=O) groups is 1. The number of carbonyl (C=O) groups excluding carboxylic acids is 1. The molecule has 1 aromatic heterocycles. The van der Waals surface area contributed by atoms with Crippen molar-refractivity contribution >= 4 is 37.9 Å². The highest BCUT2D eigenvalue weighted by Gasteiger charge is 2.30. The highest BCUT2D eigenvalue weighted by molar-refractivity contribution is 7.89. The van der Waals surface area contributed by atoms with Crippen LogP contribution in [0.15, 0.2) is 82.1 Å². The molecule has 0 spiro atoms. The first-order valence-corrected chi connectivity index (χ1v) is 11.8. The van der Waals surface area contributed by atoms with Crippen LogP contribution in [0.25, 0.3) is 21.9 Å². The second-order valence-electron chi connectivity index (χ2n) is 8.65. The van der Waals surface area contributed by atoms with E-state index in [1.807, 2.05) is 54.6 Å². The third-order valence-corrected chi connectivity index (χ3v) is 6.40. The Bertz CT molecular complexity index is 1370. The molecule has 0 saturated carbocycles. The Morgan fingerprint density at radius 3 is 2.31 bits per heavy atom. The van der Waals surface area contributed by atoms with Crippen LogP contribution in [0.2, 0.25) is 0 Å². The van der Waals surface area contributed by atoms with Crippen molar-refractivity contribution in [2.45, 2.75) is 43.7 Å². The number of hydrogen-bond donors (Lipinski definition) is 1. The number of benzene rings is 3. The molecule has 0 fully saturated rings. The molecular formula is C25H25NO5S. The molecule has 0 amide bonds. The lowest BCUT2D eigenvalue weighted by atomic mass is 10.1. The van der Waals surface area contributed by atoms with E-state index in [9.17, 15) is 13.2 Å². The zero-order valence-electron chi connectivity index (χ0n) is 18.2. The fourth-order valence-electron chi connectivity index (χ4n) is 3.52. The largest absolute Gasteiger partial charge is 0.459 e. The highest BCUT2D eigenvalue weighted by Crippen LogP contribution is 2.30. The standard InChI is InChI=1S/C25H25NO5S/c1-25(2,3)31-24(27)21(15-17-9-5-4-6-10-17)26-32(28,29)18-13-14-23-20(16-18)19-11-7-8-12-22(19)30-23/h4-14,16,21,26H,15H2,1-3H3/t21-/m0/s1. The molecule has 3 aromatic carbocycles. The van der Waals surface area contributed by atoms with Gasteiger partial charge >= 0.3 is 5.97 Å². The number of hydrogen-bond acceptors (Lipinski definition) is 5. The molecule has 0 aliphatic carbocycles. The van der Waals surface area contributed by atoms with Gasteiger partial charge in [-0.2, -0.15) is 4.72 Å². The lowest BCUT2D eigenvalue weighted by Crippen LogP contribution is -2.45. The minimum absolute atomic E-state index is 0.0539. The van der Waals surface area contributed by atoms with Crippen LogP contribution >= 0.6 is 0 Å². The van der Waals surface area contributed by atoms with Gasteiger partial charge in [0.2, 0.25) is 10.0 Å². The molecule has 1 N–H and O–H groups in total. The maximum atomic E-state index is 13.3. The summed E-state index contributed by atoms with van der Waals surface area (Å²) in [6, 6.07) is 20.3. The Morgan fingerprint density at radius 2 is 1.59 bits per heavy atom. The number of fused-ring (bicyclic) bond motifs is 3. The average molecular weight is 452 g/mol. The van der Waals surface area contributed by atoms with Crippen molar-refractivity contribution in [1.82, 2.24) is 4.72 Å². The summed E-state index contributed by atoms with van der Waals surface area (Å²) in [4.78, 5) is 12.9. The van der Waals surface area contributed by atoms with Gasteiger partial charge in [0.25, 0.3) is 0 Å². The Kier molecular flexibility index (Phi) is 5.79. The summed E-state index contributed by atoms with van der Waals surface area (Å²) in [6.45, 7) is 5.24. The van der Waals surface area contributed by atoms with Crippen LogP contribution in [0.5, 0.6) is 0 Å². The van der Waals surface area contributed by atoms with E-state index in [0.29, 0.717) is 16.6 Å². The molecule has 0 aliphatic heterocycles. The van der Waals surface area contributed by atoms with Crippen molar-refractivity contribution in [3.05, 3.63) is 78.4 Å². The Balaban J connectivity index is 1.68. The number of rotatable bonds is 6. The van der Waals surface area contributed by atoms with Crippen LogP contribution in [0.3, 0.4) is 0 Å². The summed E-state index contributed by atoms with van der Waals surface area (Å²) >= 11 is 0. The van der Waals surface area contributed by atoms with Crippen LogP contribution in [-0.2, 0) is 26.0 Å². The van der Waals surface area contributed by atoms with Gasteiger partial charge in [0, 0.05) is 10.8 Å². The molecule has 0 saturated heterocycles. The SMILES string of the molecule is CC(C)(C)OC(=O)[C@H](Cc1ccccc1)NS(=O)(=O)c1ccc2oc3ccccc3c2c1. The van der Waals surface area contributed by atoms with Gasteiger partial charge in [-0.1, -0.05) is 48.5 Å². The van der Waals surface area contributed by atoms with Gasteiger partial charge in [-0.15, -0.1) is 0 Å². The molecule has 1 atom stereocenters. The van der Waals surface area contributed by atoms with Gasteiger partial charge in [0.15, 0.2) is 0 Å². The quantitative estimate of drug-likeness (QED) is 0.425. The summed E-state index contributed by atoms with van der Waals surface area (Å²) in [5.74, 6) is -0.625. The summed E-state index contributed by atoms with van der Waals surface area (Å²) in [7, 11) is -4.01. The molecule has 0 radical (unpaired) electrons. The van der Waals surface area contributed by atoms with E-state index in [-0.39, 0.29) is 11.3 Å². The smallest absolute Gasteiger partial charge is 0.325 e. The molecular weight excluding hydrogens is 426 g/mol. The fourth-order valence-corrected chi connectivity index (χ4v) is 4.73. The van der Waals surface area contributed by atoms with E-state index in [2.05, 4.69) is 4.72 Å². The van der Waals surface area contributed by atoms with Crippen LogP contribution in [-0.4, -0.2) is 26.0 Å². The van der Waals surface area contributed by atoms with Crippen molar-refractivity contribution in [2.75, 3.05) is 0 Å². The molecule has 32 heavy (non-hydrogen) atoms. The van der Waals surface area contributed by atoms with Gasteiger partial charge in [0.1, 0.15) is 22.8 Å². The minimum atomic E-state index is -4.01. The Labute approximate surface area is 187 Å². The monoisotopic (exact) mass is 451 g/mol. The molecule has 6 nitrogen and oxygen atoms in total. The second kappa shape index (κ2) is 8.41. The summed E-state index contributed by atoms with van der Waals surface area (Å²) in [5, 5.41) is 1.52. The summed E-state index contributed by atoms with van der Waals surface area (Å²) in [5.41, 5.74) is 1.35. The topological polar surface area (TPSA) is 85.6 Å². The number of furan rings is 1. The van der Waals surface area contributed by atoms with Gasteiger partial charge in [-0.25, -0.2) is 8.42 Å². The van der Waals surface area contributed by atoms with E-state index in [1.165, 1.54) is 6.07 Å². The molecule has 7 heteroatoms. The lowest BCUT2D eigenvalue weighted by molar-refractivity contribution is -0.156. The zero-order valence-corrected chi connectivity index (χ0v) is 19.0. The van der Waals surface area contributed by atoms with Crippen molar-refractivity contribution in [3.63, 3.8) is 0 Å². The van der Waals surface area contributed by atoms with E-state index in [1.54, 1.807) is 32.9 Å². The second-order valence-corrected chi connectivity index (χ2v) is 10.4. The van der Waals surface area contributed by atoms with Crippen LogP contribution in [0.4, 0.5) is 0 Å². The predicted molar refractivity (Wildman–Crippen MR) is 124 cm³/mol. The first-order chi connectivity index (χ1) is 15.1. The molecule has 4 aromatic rings. The maximum absolute atomic E-state index is 13.3. The highest BCUT2D eigenvalue weighted by atomic mass is 32.2. The molecule has 0 unspecified atom stereocenters. The van der Waals surface area contributed by atoms with Crippen LogP contribution in [0.1, 0.15) is 26.3 Å². The third kappa shape index (κ3) is 4.84. The van der Waals surface area contributed by atoms with Gasteiger partial charge in [-0.3, -0.25) is 4.79 Å². The molecule has 166 valence electrons. The summed E-state index contributed by atoms with van der Waals surface area (Å²) in [6.07, 6.45) is 0.172. The van der Waals surface area contributed by atoms with Gasteiger partial charge in [0.05, 0.1) is 4.90 Å². The normalized spacial score (nSPS) is 13.3. The molecule has 4 rings (SSSR count). The van der Waals surface area contributed by atoms with Crippen molar-refractivity contribution < 1.29 is 22.4 Å². The van der Waals surface area contributed by atoms with Crippen molar-refractivity contribution in [2.24, 2.45) is 0 Å². The van der Waals surface area contributed by atoms with Crippen LogP contribution < -0.4 is 4.72 Å². The number of nitrogens with one attached hydrogen (secondary N) is 1. The fraction of sp³-hybridized carbons (Fsp3) is 0.240. The van der Waals surface area contributed by atoms with E-state index in [0.717, 1.165) is 10.9 Å². The third-order valence-electron chi connectivity index (χ3n) is 4.93. The Morgan fingerprint density at radius 1 is 0.938 bits per heavy atom. The lowest BCUT2D eigenvalue weighted by Gasteiger charge is -2.24. The summed E-state index contributed by atoms with van der Waals surface area (Å²) < 4.78 is 40.3. The predicted octanol–water partition coefficient (Wildman–Crippen LogP) is 4.82. The molecule has 0 aliphatic rings. The zero-order chi connectivity index (χ0) is 22.9. The van der Waals surface area contributed by atoms with E-state index < -0.39 is 27.6 Å². The molecule has 1 heterocycles. The van der Waals surface area contributed by atoms with Crippen molar-refractivity contribution in [3.8, 4) is 0 Å². The number of para-hydroxylation sites is 1. The maximum Gasteiger partial charge on any atom is 0.325 e. The van der Waals surface area contributed by atoms with Crippen molar-refractivity contribution in [1.29, 1.82) is 0 Å². The number of esters is 1. The first-order valence-electron chi connectivity index (χ1n) is 10.3. The van der Waals surface area contributed by atoms with Gasteiger partial charge < -0.3 is 9.15 Å². The number of sulfonamides is 1. The first kappa shape index (κ1) is 22.0. The van der Waals surface area contributed by atoms with Gasteiger partial charge in [-0.05, 0) is 57.0 Å². The average Bonchev–Trinajstić information content (AvgIpc) is 3.10. The number of ether oxygens (including phenoxy) is 1.